The van der Waals surface area contributed by atoms with Gasteiger partial charge in [-0.3, -0.25) is 0 Å². The van der Waals surface area contributed by atoms with E-state index in [4.69, 9.17) is 9.84 Å². The molecule has 1 aromatic rings. The number of rotatable bonds is 9. The highest BCUT2D eigenvalue weighted by atomic mass is 32.1. The van der Waals surface area contributed by atoms with Crippen LogP contribution in [0.15, 0.2) is 17.5 Å². The number of hydrogen-bond donors (Lipinski definition) is 3. The second-order valence-electron chi connectivity index (χ2n) is 4.69. The fourth-order valence-corrected chi connectivity index (χ4v) is 2.19. The predicted molar refractivity (Wildman–Crippen MR) is 73.7 cm³/mol. The second kappa shape index (κ2) is 8.61. The molecule has 1 aromatic heterocycles. The van der Waals surface area contributed by atoms with E-state index >= 15 is 0 Å². The third kappa shape index (κ3) is 5.93. The van der Waals surface area contributed by atoms with Crippen LogP contribution in [0.5, 0.6) is 0 Å². The molecule has 2 unspecified atom stereocenters. The first kappa shape index (κ1) is 15.6. The Balaban J connectivity index is 2.11. The molecule has 0 aliphatic carbocycles. The van der Waals surface area contributed by atoms with Crippen molar-refractivity contribution in [1.82, 2.24) is 5.32 Å². The van der Waals surface area contributed by atoms with Crippen LogP contribution in [0, 0.1) is 5.92 Å². The summed E-state index contributed by atoms with van der Waals surface area (Å²) in [6, 6.07) is 4.02. The standard InChI is InChI=1S/C13H23NO3S/c1-10(2)13(7-15)14-6-11(16)8-17-9-12-4-3-5-18-12/h3-5,10-11,13-16H,6-9H2,1-2H3. The Hall–Kier alpha value is -0.460. The van der Waals surface area contributed by atoms with Crippen LogP contribution >= 0.6 is 11.3 Å². The highest BCUT2D eigenvalue weighted by Gasteiger charge is 2.13. The monoisotopic (exact) mass is 273 g/mol. The van der Waals surface area contributed by atoms with E-state index in [0.717, 1.165) is 4.88 Å². The van der Waals surface area contributed by atoms with Gasteiger partial charge in [0.15, 0.2) is 0 Å². The van der Waals surface area contributed by atoms with Crippen LogP contribution in [0.2, 0.25) is 0 Å². The van der Waals surface area contributed by atoms with Crippen LogP contribution in [0.1, 0.15) is 18.7 Å². The summed E-state index contributed by atoms with van der Waals surface area (Å²) in [5.74, 6) is 0.342. The van der Waals surface area contributed by atoms with Gasteiger partial charge < -0.3 is 20.3 Å². The molecule has 4 nitrogen and oxygen atoms in total. The Morgan fingerprint density at radius 3 is 2.78 bits per heavy atom. The van der Waals surface area contributed by atoms with Crippen molar-refractivity contribution in [3.8, 4) is 0 Å². The lowest BCUT2D eigenvalue weighted by molar-refractivity contribution is 0.0265. The first-order chi connectivity index (χ1) is 8.63. The number of aliphatic hydroxyl groups excluding tert-OH is 2. The van der Waals surface area contributed by atoms with Gasteiger partial charge in [0.05, 0.1) is 25.9 Å². The molecule has 0 aliphatic rings. The van der Waals surface area contributed by atoms with Gasteiger partial charge in [-0.25, -0.2) is 0 Å². The minimum atomic E-state index is -0.544. The summed E-state index contributed by atoms with van der Waals surface area (Å²) in [6.45, 7) is 5.44. The van der Waals surface area contributed by atoms with Gasteiger partial charge in [-0.15, -0.1) is 11.3 Å². The maximum atomic E-state index is 9.74. The first-order valence-corrected chi connectivity index (χ1v) is 7.14. The lowest BCUT2D eigenvalue weighted by Gasteiger charge is -2.21. The average Bonchev–Trinajstić information content (AvgIpc) is 2.82. The van der Waals surface area contributed by atoms with Gasteiger partial charge in [0.25, 0.3) is 0 Å². The lowest BCUT2D eigenvalue weighted by atomic mass is 10.1. The van der Waals surface area contributed by atoms with E-state index in [-0.39, 0.29) is 12.6 Å². The van der Waals surface area contributed by atoms with Gasteiger partial charge in [0, 0.05) is 17.5 Å². The summed E-state index contributed by atoms with van der Waals surface area (Å²) in [6.07, 6.45) is -0.544. The zero-order valence-electron chi connectivity index (χ0n) is 11.0. The van der Waals surface area contributed by atoms with Crippen molar-refractivity contribution in [2.75, 3.05) is 19.8 Å². The number of ether oxygens (including phenoxy) is 1. The largest absolute Gasteiger partial charge is 0.395 e. The van der Waals surface area contributed by atoms with E-state index in [1.165, 1.54) is 0 Å². The zero-order chi connectivity index (χ0) is 13.4. The lowest BCUT2D eigenvalue weighted by Crippen LogP contribution is -2.42. The van der Waals surface area contributed by atoms with Crippen LogP contribution in [0.3, 0.4) is 0 Å². The summed E-state index contributed by atoms with van der Waals surface area (Å²) in [5.41, 5.74) is 0. The summed E-state index contributed by atoms with van der Waals surface area (Å²) >= 11 is 1.65. The Kier molecular flexibility index (Phi) is 7.46. The maximum Gasteiger partial charge on any atom is 0.0897 e. The van der Waals surface area contributed by atoms with Gasteiger partial charge in [-0.05, 0) is 17.4 Å². The fourth-order valence-electron chi connectivity index (χ4n) is 1.55. The van der Waals surface area contributed by atoms with Crippen molar-refractivity contribution < 1.29 is 14.9 Å². The highest BCUT2D eigenvalue weighted by molar-refractivity contribution is 7.09. The second-order valence-corrected chi connectivity index (χ2v) is 5.72. The summed E-state index contributed by atoms with van der Waals surface area (Å²) in [4.78, 5) is 1.16. The van der Waals surface area contributed by atoms with E-state index in [1.54, 1.807) is 11.3 Å². The first-order valence-electron chi connectivity index (χ1n) is 6.26. The van der Waals surface area contributed by atoms with Gasteiger partial charge in [0.2, 0.25) is 0 Å². The fraction of sp³-hybridized carbons (Fsp3) is 0.692. The van der Waals surface area contributed by atoms with Crippen LogP contribution in [0.4, 0.5) is 0 Å². The molecule has 0 fully saturated rings. The quantitative estimate of drug-likeness (QED) is 0.633. The third-order valence-corrected chi connectivity index (χ3v) is 3.60. The molecule has 0 aromatic carbocycles. The Morgan fingerprint density at radius 2 is 2.22 bits per heavy atom. The average molecular weight is 273 g/mol. The Morgan fingerprint density at radius 1 is 1.44 bits per heavy atom. The maximum absolute atomic E-state index is 9.74. The Labute approximate surface area is 113 Å². The predicted octanol–water partition coefficient (Wildman–Crippen LogP) is 1.23. The summed E-state index contributed by atoms with van der Waals surface area (Å²) in [5, 5.41) is 24.0. The number of hydrogen-bond acceptors (Lipinski definition) is 5. The topological polar surface area (TPSA) is 61.7 Å². The molecule has 1 heterocycles. The zero-order valence-corrected chi connectivity index (χ0v) is 11.8. The van der Waals surface area contributed by atoms with E-state index in [1.807, 2.05) is 31.4 Å². The number of nitrogens with one attached hydrogen (secondary N) is 1. The van der Waals surface area contributed by atoms with E-state index in [0.29, 0.717) is 25.7 Å². The van der Waals surface area contributed by atoms with E-state index in [2.05, 4.69) is 5.32 Å². The summed E-state index contributed by atoms with van der Waals surface area (Å²) < 4.78 is 5.42. The minimum Gasteiger partial charge on any atom is -0.395 e. The van der Waals surface area contributed by atoms with Crippen LogP contribution in [-0.4, -0.2) is 42.1 Å². The van der Waals surface area contributed by atoms with E-state index < -0.39 is 6.10 Å². The minimum absolute atomic E-state index is 0.0249. The van der Waals surface area contributed by atoms with Crippen molar-refractivity contribution in [3.63, 3.8) is 0 Å². The van der Waals surface area contributed by atoms with Gasteiger partial charge in [0.1, 0.15) is 0 Å². The smallest absolute Gasteiger partial charge is 0.0897 e. The molecule has 0 amide bonds. The molecule has 104 valence electrons. The van der Waals surface area contributed by atoms with E-state index in [9.17, 15) is 5.11 Å². The molecule has 0 bridgehead atoms. The van der Waals surface area contributed by atoms with Gasteiger partial charge in [-0.2, -0.15) is 0 Å². The van der Waals surface area contributed by atoms with Crippen LogP contribution in [0.25, 0.3) is 0 Å². The molecule has 0 radical (unpaired) electrons. The van der Waals surface area contributed by atoms with Crippen molar-refractivity contribution in [3.05, 3.63) is 22.4 Å². The SMILES string of the molecule is CC(C)C(CO)NCC(O)COCc1cccs1. The molecule has 18 heavy (non-hydrogen) atoms. The number of aliphatic hydroxyl groups is 2. The highest BCUT2D eigenvalue weighted by Crippen LogP contribution is 2.09. The molecule has 2 atom stereocenters. The normalized spacial score (nSPS) is 14.9. The molecule has 0 aliphatic heterocycles. The molecular formula is C13H23NO3S. The van der Waals surface area contributed by atoms with Crippen molar-refractivity contribution in [2.45, 2.75) is 32.6 Å². The Bertz CT molecular complexity index is 303. The van der Waals surface area contributed by atoms with Crippen molar-refractivity contribution in [2.24, 2.45) is 5.92 Å². The van der Waals surface area contributed by atoms with Gasteiger partial charge in [-0.1, -0.05) is 19.9 Å². The number of thiophene rings is 1. The molecule has 0 spiro atoms. The van der Waals surface area contributed by atoms with Gasteiger partial charge >= 0.3 is 0 Å². The van der Waals surface area contributed by atoms with Crippen molar-refractivity contribution >= 4 is 11.3 Å². The van der Waals surface area contributed by atoms with Crippen LogP contribution in [-0.2, 0) is 11.3 Å². The molecule has 3 N–H and O–H groups in total. The third-order valence-electron chi connectivity index (χ3n) is 2.75. The van der Waals surface area contributed by atoms with Crippen molar-refractivity contribution in [1.29, 1.82) is 0 Å². The molecule has 5 heteroatoms. The molecule has 0 saturated carbocycles. The van der Waals surface area contributed by atoms with Crippen LogP contribution < -0.4 is 5.32 Å². The molecule has 0 saturated heterocycles. The molecular weight excluding hydrogens is 250 g/mol. The summed E-state index contributed by atoms with van der Waals surface area (Å²) in [7, 11) is 0. The molecule has 1 rings (SSSR count).